The minimum atomic E-state index is 0.120. The molecule has 4 aromatic rings. The third-order valence-corrected chi connectivity index (χ3v) is 7.64. The highest BCUT2D eigenvalue weighted by Crippen LogP contribution is 2.40. The largest absolute Gasteiger partial charge is 0.354 e. The summed E-state index contributed by atoms with van der Waals surface area (Å²) in [5.41, 5.74) is 6.43. The molecule has 0 aromatic carbocycles. The van der Waals surface area contributed by atoms with Crippen molar-refractivity contribution in [3.05, 3.63) is 40.7 Å². The third-order valence-electron chi connectivity index (χ3n) is 6.48. The smallest absolute Gasteiger partial charge is 0.263 e. The van der Waals surface area contributed by atoms with Gasteiger partial charge in [-0.25, -0.2) is 9.50 Å². The van der Waals surface area contributed by atoms with E-state index in [2.05, 4.69) is 47.2 Å². The number of fused-ring (bicyclic) bond motifs is 2. The molecule has 0 atom stereocenters. The molecule has 8 heteroatoms. The molecule has 0 radical (unpaired) electrons. The number of nitrogens with zero attached hydrogens (tertiary/aromatic N) is 4. The Hall–Kier alpha value is -2.71. The highest BCUT2D eigenvalue weighted by Gasteiger charge is 2.24. The molecule has 168 valence electrons. The minimum Gasteiger partial charge on any atom is -0.354 e. The summed E-state index contributed by atoms with van der Waals surface area (Å²) in [6.45, 7) is 9.40. The molecule has 1 aliphatic rings. The molecule has 1 amide bonds. The first-order valence-corrected chi connectivity index (χ1v) is 12.2. The molecule has 0 saturated carbocycles. The number of amides is 1. The molecule has 1 saturated heterocycles. The molecule has 2 N–H and O–H groups in total. The summed E-state index contributed by atoms with van der Waals surface area (Å²) < 4.78 is 3.00. The van der Waals surface area contributed by atoms with Gasteiger partial charge in [-0.2, -0.15) is 5.10 Å². The zero-order valence-corrected chi connectivity index (χ0v) is 19.9. The number of aromatic amines is 1. The second kappa shape index (κ2) is 8.33. The maximum atomic E-state index is 13.2. The predicted octanol–water partition coefficient (Wildman–Crippen LogP) is 4.44. The van der Waals surface area contributed by atoms with Gasteiger partial charge < -0.3 is 15.2 Å². The number of pyridine rings is 1. The summed E-state index contributed by atoms with van der Waals surface area (Å²) >= 11 is 1.61. The van der Waals surface area contributed by atoms with Gasteiger partial charge in [0.25, 0.3) is 5.91 Å². The fourth-order valence-corrected chi connectivity index (χ4v) is 6.14. The number of piperidine rings is 1. The van der Waals surface area contributed by atoms with Crippen LogP contribution in [0, 0.1) is 12.8 Å². The molecule has 1 fully saturated rings. The Bertz CT molecular complexity index is 1280. The number of rotatable bonds is 5. The number of aryl methyl sites for hydroxylation is 1. The van der Waals surface area contributed by atoms with E-state index in [-0.39, 0.29) is 5.91 Å². The Morgan fingerprint density at radius 3 is 2.84 bits per heavy atom. The van der Waals surface area contributed by atoms with Crippen molar-refractivity contribution in [2.75, 3.05) is 26.7 Å². The topological polar surface area (TPSA) is 78.3 Å². The number of aromatic nitrogens is 4. The SMILES string of the molecule is Cc1cc(-c2[nH]c3cc(C(=O)N(C)CC4CCNCC4)sc3c2C(C)C)cn2ncnc12. The summed E-state index contributed by atoms with van der Waals surface area (Å²) in [5.74, 6) is 1.02. The molecule has 4 aromatic heterocycles. The molecule has 5 rings (SSSR count). The predicted molar refractivity (Wildman–Crippen MR) is 130 cm³/mol. The molecule has 32 heavy (non-hydrogen) atoms. The minimum absolute atomic E-state index is 0.120. The molecule has 0 spiro atoms. The van der Waals surface area contributed by atoms with Gasteiger partial charge in [0.1, 0.15) is 6.33 Å². The highest BCUT2D eigenvalue weighted by molar-refractivity contribution is 7.21. The van der Waals surface area contributed by atoms with Crippen LogP contribution in [0.3, 0.4) is 0 Å². The van der Waals surface area contributed by atoms with Crippen LogP contribution in [-0.2, 0) is 0 Å². The van der Waals surface area contributed by atoms with Gasteiger partial charge in [0.05, 0.1) is 20.8 Å². The van der Waals surface area contributed by atoms with E-state index in [0.29, 0.717) is 11.8 Å². The van der Waals surface area contributed by atoms with Gasteiger partial charge >= 0.3 is 0 Å². The van der Waals surface area contributed by atoms with E-state index in [1.807, 2.05) is 28.7 Å². The summed E-state index contributed by atoms with van der Waals surface area (Å²) in [7, 11) is 1.93. The van der Waals surface area contributed by atoms with Crippen LogP contribution in [0.15, 0.2) is 24.7 Å². The van der Waals surface area contributed by atoms with Crippen molar-refractivity contribution in [1.29, 1.82) is 0 Å². The molecule has 7 nitrogen and oxygen atoms in total. The number of hydrogen-bond donors (Lipinski definition) is 2. The fraction of sp³-hybridized carbons (Fsp3) is 0.458. The standard InChI is InChI=1S/C24H30N6OS/c1-14(2)20-21(17-9-15(3)23-26-13-27-30(23)12-17)28-18-10-19(32-22(18)20)24(31)29(4)11-16-5-7-25-8-6-16/h9-10,12-14,16,25,28H,5-8,11H2,1-4H3. The third kappa shape index (κ3) is 3.71. The highest BCUT2D eigenvalue weighted by atomic mass is 32.1. The lowest BCUT2D eigenvalue weighted by molar-refractivity contribution is 0.0767. The van der Waals surface area contributed by atoms with Gasteiger partial charge in [-0.1, -0.05) is 13.8 Å². The average Bonchev–Trinajstić information content (AvgIpc) is 3.47. The Morgan fingerprint density at radius 2 is 2.09 bits per heavy atom. The normalized spacial score (nSPS) is 15.3. The second-order valence-electron chi connectivity index (χ2n) is 9.24. The van der Waals surface area contributed by atoms with Crippen molar-refractivity contribution in [3.63, 3.8) is 0 Å². The van der Waals surface area contributed by atoms with E-state index in [0.717, 1.165) is 65.3 Å². The van der Waals surface area contributed by atoms with E-state index in [4.69, 9.17) is 0 Å². The molecular formula is C24H30N6OS. The summed E-state index contributed by atoms with van der Waals surface area (Å²) in [5, 5.41) is 7.72. The number of H-pyrrole nitrogens is 1. The van der Waals surface area contributed by atoms with E-state index in [1.54, 1.807) is 17.7 Å². The maximum Gasteiger partial charge on any atom is 0.263 e. The number of nitrogens with one attached hydrogen (secondary N) is 2. The van der Waals surface area contributed by atoms with E-state index in [1.165, 1.54) is 10.3 Å². The van der Waals surface area contributed by atoms with Gasteiger partial charge in [0.2, 0.25) is 0 Å². The quantitative estimate of drug-likeness (QED) is 0.471. The molecule has 5 heterocycles. The molecular weight excluding hydrogens is 420 g/mol. The number of carbonyl (C=O) groups is 1. The number of hydrogen-bond acceptors (Lipinski definition) is 5. The lowest BCUT2D eigenvalue weighted by atomic mass is 9.98. The van der Waals surface area contributed by atoms with Crippen molar-refractivity contribution < 1.29 is 4.79 Å². The first-order valence-electron chi connectivity index (χ1n) is 11.3. The van der Waals surface area contributed by atoms with E-state index >= 15 is 0 Å². The van der Waals surface area contributed by atoms with Crippen molar-refractivity contribution in [3.8, 4) is 11.3 Å². The van der Waals surface area contributed by atoms with Gasteiger partial charge in [0, 0.05) is 25.4 Å². The Morgan fingerprint density at radius 1 is 1.31 bits per heavy atom. The van der Waals surface area contributed by atoms with Crippen molar-refractivity contribution >= 4 is 33.1 Å². The van der Waals surface area contributed by atoms with Crippen molar-refractivity contribution in [2.24, 2.45) is 5.92 Å². The zero-order chi connectivity index (χ0) is 22.4. The summed E-state index contributed by atoms with van der Waals surface area (Å²) in [4.78, 5) is 23.8. The first kappa shape index (κ1) is 21.2. The second-order valence-corrected chi connectivity index (χ2v) is 10.3. The Labute approximate surface area is 191 Å². The van der Waals surface area contributed by atoms with Crippen LogP contribution in [0.5, 0.6) is 0 Å². The molecule has 0 aliphatic carbocycles. The number of thiophene rings is 1. The van der Waals surface area contributed by atoms with E-state index in [9.17, 15) is 4.79 Å². The van der Waals surface area contributed by atoms with Gasteiger partial charge in [-0.3, -0.25) is 4.79 Å². The van der Waals surface area contributed by atoms with Crippen LogP contribution in [-0.4, -0.2) is 57.1 Å². The van der Waals surface area contributed by atoms with Crippen LogP contribution < -0.4 is 5.32 Å². The molecule has 0 bridgehead atoms. The van der Waals surface area contributed by atoms with E-state index < -0.39 is 0 Å². The lowest BCUT2D eigenvalue weighted by Gasteiger charge is -2.27. The van der Waals surface area contributed by atoms with Gasteiger partial charge in [0.15, 0.2) is 5.65 Å². The van der Waals surface area contributed by atoms with Gasteiger partial charge in [-0.15, -0.1) is 11.3 Å². The van der Waals surface area contributed by atoms with Crippen LogP contribution in [0.25, 0.3) is 27.1 Å². The van der Waals surface area contributed by atoms with Gasteiger partial charge in [-0.05, 0) is 68.0 Å². The Kier molecular flexibility index (Phi) is 5.51. The Balaban J connectivity index is 1.48. The lowest BCUT2D eigenvalue weighted by Crippen LogP contribution is -2.37. The monoisotopic (exact) mass is 450 g/mol. The van der Waals surface area contributed by atoms with Crippen LogP contribution >= 0.6 is 11.3 Å². The van der Waals surface area contributed by atoms with Crippen LogP contribution in [0.2, 0.25) is 0 Å². The first-order chi connectivity index (χ1) is 15.4. The fourth-order valence-electron chi connectivity index (χ4n) is 4.84. The van der Waals surface area contributed by atoms with Crippen LogP contribution in [0.1, 0.15) is 53.4 Å². The maximum absolute atomic E-state index is 13.2. The zero-order valence-electron chi connectivity index (χ0n) is 19.1. The van der Waals surface area contributed by atoms with Crippen LogP contribution in [0.4, 0.5) is 0 Å². The summed E-state index contributed by atoms with van der Waals surface area (Å²) in [6.07, 6.45) is 5.88. The molecule has 1 aliphatic heterocycles. The number of carbonyl (C=O) groups excluding carboxylic acids is 1. The van der Waals surface area contributed by atoms with Crippen molar-refractivity contribution in [1.82, 2.24) is 29.8 Å². The summed E-state index contributed by atoms with van der Waals surface area (Å²) in [6, 6.07) is 4.18. The average molecular weight is 451 g/mol. The molecule has 0 unspecified atom stereocenters. The van der Waals surface area contributed by atoms with Crippen molar-refractivity contribution in [2.45, 2.75) is 39.5 Å².